The molecule has 0 fully saturated rings. The van der Waals surface area contributed by atoms with Crippen molar-refractivity contribution in [3.8, 4) is 22.9 Å². The average Bonchev–Trinajstić information content (AvgIpc) is 2.82. The first-order chi connectivity index (χ1) is 16.7. The lowest BCUT2D eigenvalue weighted by Crippen LogP contribution is -2.27. The molecule has 2 aromatic carbocycles. The molecule has 1 aliphatic rings. The molecule has 6 heteroatoms. The molecule has 0 saturated heterocycles. The molecule has 0 bridgehead atoms. The standard InChI is InChI=1S/C29H27N3O3/c1-16-14-22-20(7-6-19(15-30)32-22)26(24(16)28(17(2)33)35-29(3,4)5)21-8-9-23-25-18(11-13-34-23)10-12-31-27(21)25/h6-10,12,14,28H,11,13H2,1-5H3. The van der Waals surface area contributed by atoms with Crippen molar-refractivity contribution >= 4 is 27.6 Å². The number of hydrogen-bond acceptors (Lipinski definition) is 6. The van der Waals surface area contributed by atoms with Crippen LogP contribution in [-0.2, 0) is 16.0 Å². The van der Waals surface area contributed by atoms with E-state index in [-0.39, 0.29) is 5.78 Å². The van der Waals surface area contributed by atoms with Gasteiger partial charge in [0, 0.05) is 29.0 Å². The summed E-state index contributed by atoms with van der Waals surface area (Å²) in [5.41, 5.74) is 5.90. The molecule has 3 heterocycles. The maximum atomic E-state index is 13.0. The molecule has 1 unspecified atom stereocenters. The van der Waals surface area contributed by atoms with Gasteiger partial charge in [0.05, 0.1) is 23.2 Å². The maximum absolute atomic E-state index is 13.0. The topological polar surface area (TPSA) is 85.1 Å². The molecule has 4 aromatic rings. The molecule has 0 N–H and O–H groups in total. The van der Waals surface area contributed by atoms with Gasteiger partial charge < -0.3 is 9.47 Å². The molecule has 176 valence electrons. The highest BCUT2D eigenvalue weighted by molar-refractivity contribution is 6.08. The number of nitriles is 1. The Hall–Kier alpha value is -3.82. The smallest absolute Gasteiger partial charge is 0.163 e. The molecular formula is C29H27N3O3. The molecule has 0 spiro atoms. The number of carbonyl (C=O) groups excluding carboxylic acids is 1. The van der Waals surface area contributed by atoms with Crippen molar-refractivity contribution in [2.75, 3.05) is 6.61 Å². The predicted octanol–water partition coefficient (Wildman–Crippen LogP) is 6.01. The molecule has 0 amide bonds. The summed E-state index contributed by atoms with van der Waals surface area (Å²) in [7, 11) is 0. The summed E-state index contributed by atoms with van der Waals surface area (Å²) in [6.07, 6.45) is 1.87. The molecular weight excluding hydrogens is 438 g/mol. The van der Waals surface area contributed by atoms with E-state index >= 15 is 0 Å². The number of rotatable bonds is 4. The Kier molecular flexibility index (Phi) is 5.53. The number of aromatic nitrogens is 2. The summed E-state index contributed by atoms with van der Waals surface area (Å²) in [5.74, 6) is 0.736. The molecule has 5 rings (SSSR count). The highest BCUT2D eigenvalue weighted by Crippen LogP contribution is 2.44. The Balaban J connectivity index is 1.92. The summed E-state index contributed by atoms with van der Waals surface area (Å²) < 4.78 is 12.3. The Morgan fingerprint density at radius 2 is 2.00 bits per heavy atom. The third-order valence-electron chi connectivity index (χ3n) is 6.30. The van der Waals surface area contributed by atoms with Gasteiger partial charge in [-0.3, -0.25) is 9.78 Å². The van der Waals surface area contributed by atoms with Gasteiger partial charge in [-0.1, -0.05) is 0 Å². The summed E-state index contributed by atoms with van der Waals surface area (Å²) >= 11 is 0. The van der Waals surface area contributed by atoms with E-state index in [0.717, 1.165) is 50.7 Å². The van der Waals surface area contributed by atoms with Crippen molar-refractivity contribution in [2.24, 2.45) is 0 Å². The van der Waals surface area contributed by atoms with E-state index in [4.69, 9.17) is 14.5 Å². The Bertz CT molecular complexity index is 1530. The summed E-state index contributed by atoms with van der Waals surface area (Å²) in [5, 5.41) is 11.3. The summed E-state index contributed by atoms with van der Waals surface area (Å²) in [4.78, 5) is 22.3. The second-order valence-corrected chi connectivity index (χ2v) is 9.98. The van der Waals surface area contributed by atoms with Gasteiger partial charge in [-0.15, -0.1) is 0 Å². The third-order valence-corrected chi connectivity index (χ3v) is 6.30. The number of ketones is 1. The minimum atomic E-state index is -0.771. The Labute approximate surface area is 204 Å². The van der Waals surface area contributed by atoms with Gasteiger partial charge in [0.1, 0.15) is 23.6 Å². The van der Waals surface area contributed by atoms with Crippen LogP contribution >= 0.6 is 0 Å². The monoisotopic (exact) mass is 465 g/mol. The van der Waals surface area contributed by atoms with Crippen molar-refractivity contribution in [3.05, 3.63) is 65.0 Å². The van der Waals surface area contributed by atoms with Crippen molar-refractivity contribution in [2.45, 2.75) is 52.7 Å². The van der Waals surface area contributed by atoms with Gasteiger partial charge in [-0.2, -0.15) is 5.26 Å². The predicted molar refractivity (Wildman–Crippen MR) is 135 cm³/mol. The molecule has 2 aromatic heterocycles. The lowest BCUT2D eigenvalue weighted by molar-refractivity contribution is -0.138. The highest BCUT2D eigenvalue weighted by Gasteiger charge is 2.31. The van der Waals surface area contributed by atoms with E-state index < -0.39 is 11.7 Å². The third kappa shape index (κ3) is 4.02. The number of carbonyl (C=O) groups is 1. The number of aryl methyl sites for hydroxylation is 1. The normalized spacial score (nSPS) is 13.9. The SMILES string of the molecule is CC(=O)C(OC(C)(C)C)c1c(C)cc2nc(C#N)ccc2c1-c1ccc2c3c(ccnc13)CCO2. The van der Waals surface area contributed by atoms with E-state index in [2.05, 4.69) is 11.1 Å². The van der Waals surface area contributed by atoms with E-state index in [1.807, 2.05) is 64.2 Å². The summed E-state index contributed by atoms with van der Waals surface area (Å²) in [6, 6.07) is 13.7. The van der Waals surface area contributed by atoms with Crippen LogP contribution in [0.1, 0.15) is 56.2 Å². The van der Waals surface area contributed by atoms with Crippen LogP contribution in [0, 0.1) is 18.3 Å². The number of fused-ring (bicyclic) bond motifs is 1. The van der Waals surface area contributed by atoms with Gasteiger partial charge >= 0.3 is 0 Å². The molecule has 0 aliphatic carbocycles. The molecule has 35 heavy (non-hydrogen) atoms. The maximum Gasteiger partial charge on any atom is 0.163 e. The first kappa shape index (κ1) is 22.9. The summed E-state index contributed by atoms with van der Waals surface area (Å²) in [6.45, 7) is 9.99. The van der Waals surface area contributed by atoms with Crippen molar-refractivity contribution in [1.82, 2.24) is 9.97 Å². The Morgan fingerprint density at radius 1 is 1.20 bits per heavy atom. The number of pyridine rings is 2. The van der Waals surface area contributed by atoms with Crippen LogP contribution in [0.15, 0.2) is 42.6 Å². The zero-order chi connectivity index (χ0) is 24.9. The number of benzene rings is 2. The molecule has 1 atom stereocenters. The van der Waals surface area contributed by atoms with E-state index in [0.29, 0.717) is 17.8 Å². The lowest BCUT2D eigenvalue weighted by atomic mass is 9.85. The van der Waals surface area contributed by atoms with Crippen molar-refractivity contribution in [3.63, 3.8) is 0 Å². The molecule has 6 nitrogen and oxygen atoms in total. The van der Waals surface area contributed by atoms with E-state index in [1.165, 1.54) is 5.56 Å². The second-order valence-electron chi connectivity index (χ2n) is 9.98. The molecule has 1 aliphatic heterocycles. The first-order valence-electron chi connectivity index (χ1n) is 11.7. The van der Waals surface area contributed by atoms with Crippen molar-refractivity contribution < 1.29 is 14.3 Å². The van der Waals surface area contributed by atoms with Crippen LogP contribution < -0.4 is 4.74 Å². The van der Waals surface area contributed by atoms with Crippen LogP contribution in [0.2, 0.25) is 0 Å². The first-order valence-corrected chi connectivity index (χ1v) is 11.7. The lowest BCUT2D eigenvalue weighted by Gasteiger charge is -2.30. The minimum Gasteiger partial charge on any atom is -0.493 e. The van der Waals surface area contributed by atoms with E-state index in [1.54, 1.807) is 13.0 Å². The minimum absolute atomic E-state index is 0.0794. The zero-order valence-corrected chi connectivity index (χ0v) is 20.6. The molecule has 0 saturated carbocycles. The van der Waals surface area contributed by atoms with Crippen LogP contribution in [0.3, 0.4) is 0 Å². The van der Waals surface area contributed by atoms with Gasteiger partial charge in [-0.25, -0.2) is 4.98 Å². The van der Waals surface area contributed by atoms with Crippen LogP contribution in [-0.4, -0.2) is 28.0 Å². The molecule has 0 radical (unpaired) electrons. The largest absolute Gasteiger partial charge is 0.493 e. The van der Waals surface area contributed by atoms with Crippen LogP contribution in [0.5, 0.6) is 5.75 Å². The number of hydrogen-bond donors (Lipinski definition) is 0. The van der Waals surface area contributed by atoms with Gasteiger partial charge in [-0.05, 0) is 93.3 Å². The average molecular weight is 466 g/mol. The number of ether oxygens (including phenoxy) is 2. The number of nitrogens with zero attached hydrogens (tertiary/aromatic N) is 3. The fourth-order valence-electron chi connectivity index (χ4n) is 4.91. The van der Waals surface area contributed by atoms with Gasteiger partial charge in [0.25, 0.3) is 0 Å². The fraction of sp³-hybridized carbons (Fsp3) is 0.310. The fourth-order valence-corrected chi connectivity index (χ4v) is 4.91. The van der Waals surface area contributed by atoms with Crippen LogP contribution in [0.25, 0.3) is 32.9 Å². The van der Waals surface area contributed by atoms with Gasteiger partial charge in [0.15, 0.2) is 5.78 Å². The van der Waals surface area contributed by atoms with Crippen LogP contribution in [0.4, 0.5) is 0 Å². The highest BCUT2D eigenvalue weighted by atomic mass is 16.5. The van der Waals surface area contributed by atoms with Crippen molar-refractivity contribution in [1.29, 1.82) is 5.26 Å². The zero-order valence-electron chi connectivity index (χ0n) is 20.6. The van der Waals surface area contributed by atoms with E-state index in [9.17, 15) is 10.1 Å². The Morgan fingerprint density at radius 3 is 2.71 bits per heavy atom. The quantitative estimate of drug-likeness (QED) is 0.367. The van der Waals surface area contributed by atoms with Gasteiger partial charge in [0.2, 0.25) is 0 Å². The second kappa shape index (κ2) is 8.44. The number of Topliss-reactive ketones (excluding diaryl/α,β-unsaturated/α-hetero) is 1.